The Bertz CT molecular complexity index is 754. The fourth-order valence-electron chi connectivity index (χ4n) is 7.08. The van der Waals surface area contributed by atoms with Crippen molar-refractivity contribution in [1.29, 1.82) is 0 Å². The van der Waals surface area contributed by atoms with E-state index in [-0.39, 0.29) is 11.8 Å². The molecule has 1 aromatic heterocycles. The van der Waals surface area contributed by atoms with E-state index in [0.717, 1.165) is 48.6 Å². The summed E-state index contributed by atoms with van der Waals surface area (Å²) in [5.41, 5.74) is 1.35. The van der Waals surface area contributed by atoms with Gasteiger partial charge in [-0.15, -0.1) is 0 Å². The third-order valence-electron chi connectivity index (χ3n) is 8.38. The van der Waals surface area contributed by atoms with Crippen molar-refractivity contribution in [1.82, 2.24) is 9.80 Å². The van der Waals surface area contributed by atoms with Crippen LogP contribution in [0.3, 0.4) is 0 Å². The zero-order valence-electron chi connectivity index (χ0n) is 14.1. The van der Waals surface area contributed by atoms with Crippen LogP contribution in [-0.2, 0) is 0 Å². The second-order valence-corrected chi connectivity index (χ2v) is 10.1. The maximum absolute atomic E-state index is 13.2. The summed E-state index contributed by atoms with van der Waals surface area (Å²) in [4.78, 5) is 30.6. The molecule has 4 nitrogen and oxygen atoms in total. The van der Waals surface area contributed by atoms with Gasteiger partial charge in [-0.3, -0.25) is 9.59 Å². The highest BCUT2D eigenvalue weighted by molar-refractivity contribution is 7.08. The van der Waals surface area contributed by atoms with Gasteiger partial charge in [-0.2, -0.15) is 11.3 Å². The van der Waals surface area contributed by atoms with Gasteiger partial charge in [-0.1, -0.05) is 0 Å². The first-order chi connectivity index (χ1) is 12.2. The molecule has 130 valence electrons. The molecule has 3 heterocycles. The molecule has 6 fully saturated rings. The molecule has 2 amide bonds. The summed E-state index contributed by atoms with van der Waals surface area (Å²) < 4.78 is 0. The van der Waals surface area contributed by atoms with Crippen LogP contribution < -0.4 is 0 Å². The van der Waals surface area contributed by atoms with E-state index in [1.165, 1.54) is 37.0 Å². The monoisotopic (exact) mass is 354 g/mol. The molecule has 0 radical (unpaired) electrons. The number of fused-ring (bicyclic) bond motifs is 10. The largest absolute Gasteiger partial charge is 0.335 e. The molecule has 25 heavy (non-hydrogen) atoms. The number of likely N-dealkylation sites (tertiary alicyclic amines) is 2. The second-order valence-electron chi connectivity index (χ2n) is 9.37. The van der Waals surface area contributed by atoms with E-state index in [9.17, 15) is 9.59 Å². The molecular weight excluding hydrogens is 332 g/mol. The summed E-state index contributed by atoms with van der Waals surface area (Å²) in [6.07, 6.45) is 5.06. The van der Waals surface area contributed by atoms with Crippen LogP contribution >= 0.6 is 11.3 Å². The molecule has 0 spiro atoms. The number of amides is 2. The first-order valence-electron chi connectivity index (χ1n) is 9.89. The van der Waals surface area contributed by atoms with Gasteiger partial charge in [0.25, 0.3) is 11.8 Å². The lowest BCUT2D eigenvalue weighted by atomic mass is 10.1. The van der Waals surface area contributed by atoms with Gasteiger partial charge in [0.15, 0.2) is 0 Å². The summed E-state index contributed by atoms with van der Waals surface area (Å²) in [6.45, 7) is 1.85. The minimum atomic E-state index is 0.121. The van der Waals surface area contributed by atoms with Gasteiger partial charge >= 0.3 is 0 Å². The Labute approximate surface area is 151 Å². The lowest BCUT2D eigenvalue weighted by Gasteiger charge is -2.29. The quantitative estimate of drug-likeness (QED) is 0.819. The Balaban J connectivity index is 1.17. The minimum absolute atomic E-state index is 0.121. The van der Waals surface area contributed by atoms with Gasteiger partial charge in [-0.25, -0.2) is 0 Å². The number of carbonyl (C=O) groups excluding carboxylic acids is 2. The number of nitrogens with zero attached hydrogens (tertiary/aromatic N) is 2. The zero-order chi connectivity index (χ0) is 16.4. The van der Waals surface area contributed by atoms with Crippen LogP contribution in [0.15, 0.2) is 10.8 Å². The minimum Gasteiger partial charge on any atom is -0.335 e. The topological polar surface area (TPSA) is 40.6 Å². The Hall–Kier alpha value is -1.36. The van der Waals surface area contributed by atoms with Crippen LogP contribution in [0.2, 0.25) is 0 Å². The highest BCUT2D eigenvalue weighted by Crippen LogP contribution is 2.62. The predicted octanol–water partition coefficient (Wildman–Crippen LogP) is 2.71. The number of hydrogen-bond donors (Lipinski definition) is 0. The molecule has 2 aliphatic heterocycles. The van der Waals surface area contributed by atoms with E-state index in [0.29, 0.717) is 23.2 Å². The van der Waals surface area contributed by atoms with Gasteiger partial charge in [-0.05, 0) is 61.2 Å². The van der Waals surface area contributed by atoms with E-state index in [2.05, 4.69) is 9.80 Å². The number of rotatable bonds is 2. The van der Waals surface area contributed by atoms with Crippen LogP contribution in [0.4, 0.5) is 0 Å². The fraction of sp³-hybridized carbons (Fsp3) is 0.700. The lowest BCUT2D eigenvalue weighted by Crippen LogP contribution is -2.42. The molecule has 0 unspecified atom stereocenters. The van der Waals surface area contributed by atoms with Crippen molar-refractivity contribution in [2.45, 2.75) is 37.8 Å². The maximum atomic E-state index is 13.2. The fourth-order valence-corrected chi connectivity index (χ4v) is 7.87. The lowest BCUT2D eigenvalue weighted by molar-refractivity contribution is 0.0654. The summed E-state index contributed by atoms with van der Waals surface area (Å²) in [5, 5.41) is 3.83. The van der Waals surface area contributed by atoms with E-state index < -0.39 is 0 Å². The number of carbonyl (C=O) groups is 2. The Morgan fingerprint density at radius 3 is 1.64 bits per heavy atom. The molecule has 4 bridgehead atoms. The van der Waals surface area contributed by atoms with Crippen LogP contribution in [0.5, 0.6) is 0 Å². The molecular formula is C20H22N2O2S. The molecule has 5 heteroatoms. The van der Waals surface area contributed by atoms with Crippen molar-refractivity contribution in [2.75, 3.05) is 13.1 Å². The number of thiophene rings is 1. The summed E-state index contributed by atoms with van der Waals surface area (Å²) in [7, 11) is 0. The van der Waals surface area contributed by atoms with Crippen LogP contribution in [0.25, 0.3) is 0 Å². The molecule has 7 rings (SSSR count). The zero-order valence-corrected chi connectivity index (χ0v) is 15.0. The summed E-state index contributed by atoms with van der Waals surface area (Å²) in [6, 6.07) is 0.917. The first kappa shape index (κ1) is 13.8. The summed E-state index contributed by atoms with van der Waals surface area (Å²) >= 11 is 1.51. The first-order valence-corrected chi connectivity index (χ1v) is 10.8. The third kappa shape index (κ3) is 1.64. The highest BCUT2D eigenvalue weighted by atomic mass is 32.1. The van der Waals surface area contributed by atoms with E-state index >= 15 is 0 Å². The predicted molar refractivity (Wildman–Crippen MR) is 93.4 cm³/mol. The van der Waals surface area contributed by atoms with Crippen LogP contribution in [0.1, 0.15) is 46.4 Å². The molecule has 1 aromatic rings. The molecule has 0 aromatic carbocycles. The standard InChI is InChI=1S/C20H22N2O2S/c23-19(21-5-9-1-17(21)13-3-11(9)13)15-7-25-8-16(15)20(24)22-6-10-2-18(22)14-4-12(10)14/h7-14,17-18H,1-6H2/t9-,10-,11-,12-,13-,14-,17-,18-/m0/s1. The number of piperidine rings is 2. The Kier molecular flexibility index (Phi) is 2.37. The van der Waals surface area contributed by atoms with Crippen molar-refractivity contribution < 1.29 is 9.59 Å². The van der Waals surface area contributed by atoms with Crippen molar-refractivity contribution >= 4 is 23.2 Å². The normalized spacial score (nSPS) is 47.2. The second kappa shape index (κ2) is 4.30. The molecule has 2 saturated heterocycles. The van der Waals surface area contributed by atoms with E-state index in [4.69, 9.17) is 0 Å². The molecule has 4 saturated carbocycles. The average molecular weight is 354 g/mol. The van der Waals surface area contributed by atoms with Gasteiger partial charge < -0.3 is 9.80 Å². The summed E-state index contributed by atoms with van der Waals surface area (Å²) in [5.74, 6) is 5.06. The smallest absolute Gasteiger partial charge is 0.255 e. The molecule has 0 N–H and O–H groups in total. The van der Waals surface area contributed by atoms with Crippen molar-refractivity contribution in [3.8, 4) is 0 Å². The van der Waals surface area contributed by atoms with Gasteiger partial charge in [0.2, 0.25) is 0 Å². The van der Waals surface area contributed by atoms with E-state index in [1.54, 1.807) is 0 Å². The van der Waals surface area contributed by atoms with Crippen molar-refractivity contribution in [3.63, 3.8) is 0 Å². The van der Waals surface area contributed by atoms with Gasteiger partial charge in [0.05, 0.1) is 11.1 Å². The Morgan fingerprint density at radius 2 is 1.24 bits per heavy atom. The maximum Gasteiger partial charge on any atom is 0.255 e. The molecule has 6 aliphatic rings. The van der Waals surface area contributed by atoms with Crippen LogP contribution in [-0.4, -0.2) is 46.8 Å². The van der Waals surface area contributed by atoms with Gasteiger partial charge in [0.1, 0.15) is 0 Å². The highest BCUT2D eigenvalue weighted by Gasteiger charge is 2.63. The Morgan fingerprint density at radius 1 is 0.760 bits per heavy atom. The van der Waals surface area contributed by atoms with Crippen molar-refractivity contribution in [3.05, 3.63) is 21.9 Å². The van der Waals surface area contributed by atoms with Gasteiger partial charge in [0, 0.05) is 35.9 Å². The third-order valence-corrected chi connectivity index (χ3v) is 9.12. The van der Waals surface area contributed by atoms with E-state index in [1.807, 2.05) is 10.8 Å². The SMILES string of the molecule is O=C(c1cscc1C(=O)N1C[C@@H]2C[C@H]1[C@H]1C[C@@H]21)N1C[C@@H]2C[C@H]1[C@H]1C[C@@H]21. The van der Waals surface area contributed by atoms with Crippen LogP contribution in [0, 0.1) is 35.5 Å². The van der Waals surface area contributed by atoms with Crippen molar-refractivity contribution in [2.24, 2.45) is 35.5 Å². The molecule has 8 atom stereocenters. The number of hydrogen-bond acceptors (Lipinski definition) is 3. The average Bonchev–Trinajstić information content (AvgIpc) is 3.30. The molecule has 4 aliphatic carbocycles.